The summed E-state index contributed by atoms with van der Waals surface area (Å²) in [5.41, 5.74) is -0.400. The topological polar surface area (TPSA) is 87.0 Å². The first-order chi connectivity index (χ1) is 16.1. The number of nitro groups is 1. The Balaban J connectivity index is 1.43. The van der Waals surface area contributed by atoms with Crippen molar-refractivity contribution in [3.8, 4) is 0 Å². The Morgan fingerprint density at radius 1 is 0.824 bits per heavy atom. The molecule has 2 aliphatic rings. The van der Waals surface area contributed by atoms with Crippen LogP contribution in [0.3, 0.4) is 0 Å². The summed E-state index contributed by atoms with van der Waals surface area (Å²) in [6.45, 7) is 2.10. The number of nitrogens with zero attached hydrogens (tertiary/aromatic N) is 4. The van der Waals surface area contributed by atoms with E-state index in [-0.39, 0.29) is 48.9 Å². The third-order valence-corrected chi connectivity index (χ3v) is 6.16. The molecular formula is C23H23F3N4O4. The molecule has 8 nitrogen and oxygen atoms in total. The smallest absolute Gasteiger partial charge is 0.366 e. The molecule has 2 fully saturated rings. The molecule has 0 unspecified atom stereocenters. The largest absolute Gasteiger partial charge is 0.416 e. The predicted octanol–water partition coefficient (Wildman–Crippen LogP) is 3.81. The predicted molar refractivity (Wildman–Crippen MR) is 118 cm³/mol. The molecule has 2 aliphatic heterocycles. The maximum atomic E-state index is 13.0. The minimum Gasteiger partial charge on any atom is -0.366 e. The van der Waals surface area contributed by atoms with E-state index < -0.39 is 22.6 Å². The Kier molecular flexibility index (Phi) is 6.45. The molecule has 2 aromatic carbocycles. The quantitative estimate of drug-likeness (QED) is 0.495. The number of nitro benzene ring substituents is 1. The Morgan fingerprint density at radius 3 is 1.91 bits per heavy atom. The first-order valence-electron chi connectivity index (χ1n) is 10.9. The van der Waals surface area contributed by atoms with Gasteiger partial charge in [0, 0.05) is 56.5 Å². The first kappa shape index (κ1) is 23.5. The van der Waals surface area contributed by atoms with Crippen molar-refractivity contribution in [3.63, 3.8) is 0 Å². The number of alkyl halides is 3. The van der Waals surface area contributed by atoms with E-state index in [1.54, 1.807) is 12.1 Å². The number of hydrogen-bond acceptors (Lipinski definition) is 5. The van der Waals surface area contributed by atoms with Gasteiger partial charge in [0.1, 0.15) is 5.69 Å². The highest BCUT2D eigenvalue weighted by atomic mass is 19.4. The summed E-state index contributed by atoms with van der Waals surface area (Å²) in [5.74, 6) is -0.925. The van der Waals surface area contributed by atoms with Crippen molar-refractivity contribution in [3.05, 3.63) is 69.3 Å². The summed E-state index contributed by atoms with van der Waals surface area (Å²) in [6, 6.07) is 8.70. The number of anilines is 1. The Labute approximate surface area is 193 Å². The van der Waals surface area contributed by atoms with Crippen molar-refractivity contribution in [2.24, 2.45) is 0 Å². The van der Waals surface area contributed by atoms with Crippen molar-refractivity contribution < 1.29 is 27.7 Å². The summed E-state index contributed by atoms with van der Waals surface area (Å²) in [6.07, 6.45) is -2.63. The van der Waals surface area contributed by atoms with Crippen LogP contribution in [-0.2, 0) is 6.18 Å². The molecule has 0 spiro atoms. The SMILES string of the molecule is O=C(c1cccc(C(F)(F)F)c1)N1CCN(C(=O)c2ccc(N3CCCC3)c([N+](=O)[O-])c2)CC1. The summed E-state index contributed by atoms with van der Waals surface area (Å²) in [4.78, 5) is 41.6. The average Bonchev–Trinajstić information content (AvgIpc) is 3.37. The molecule has 0 bridgehead atoms. The van der Waals surface area contributed by atoms with E-state index in [1.165, 1.54) is 28.0 Å². The van der Waals surface area contributed by atoms with Gasteiger partial charge in [0.15, 0.2) is 0 Å². The van der Waals surface area contributed by atoms with Gasteiger partial charge in [-0.15, -0.1) is 0 Å². The summed E-state index contributed by atoms with van der Waals surface area (Å²) >= 11 is 0. The third-order valence-electron chi connectivity index (χ3n) is 6.16. The van der Waals surface area contributed by atoms with Crippen molar-refractivity contribution >= 4 is 23.2 Å². The van der Waals surface area contributed by atoms with Crippen molar-refractivity contribution in [1.29, 1.82) is 0 Å². The first-order valence-corrected chi connectivity index (χ1v) is 10.9. The average molecular weight is 476 g/mol. The lowest BCUT2D eigenvalue weighted by molar-refractivity contribution is -0.384. The number of carbonyl (C=O) groups excluding carboxylic acids is 2. The van der Waals surface area contributed by atoms with E-state index >= 15 is 0 Å². The van der Waals surface area contributed by atoms with Crippen LogP contribution < -0.4 is 4.90 Å². The second-order valence-electron chi connectivity index (χ2n) is 8.32. The molecule has 0 saturated carbocycles. The fourth-order valence-electron chi connectivity index (χ4n) is 4.33. The zero-order chi connectivity index (χ0) is 24.5. The van der Waals surface area contributed by atoms with Gasteiger partial charge in [-0.25, -0.2) is 0 Å². The molecule has 2 saturated heterocycles. The molecule has 0 aliphatic carbocycles. The molecule has 2 aromatic rings. The van der Waals surface area contributed by atoms with Crippen LogP contribution in [0.15, 0.2) is 42.5 Å². The number of piperazine rings is 1. The fourth-order valence-corrected chi connectivity index (χ4v) is 4.33. The molecule has 0 radical (unpaired) electrons. The zero-order valence-corrected chi connectivity index (χ0v) is 18.3. The van der Waals surface area contributed by atoms with E-state index in [1.807, 2.05) is 4.90 Å². The van der Waals surface area contributed by atoms with E-state index in [0.29, 0.717) is 5.69 Å². The monoisotopic (exact) mass is 476 g/mol. The number of amides is 2. The second-order valence-corrected chi connectivity index (χ2v) is 8.32. The molecule has 2 heterocycles. The fraction of sp³-hybridized carbons (Fsp3) is 0.391. The van der Waals surface area contributed by atoms with Gasteiger partial charge >= 0.3 is 6.18 Å². The molecule has 4 rings (SSSR count). The lowest BCUT2D eigenvalue weighted by atomic mass is 10.1. The van der Waals surface area contributed by atoms with Crippen LogP contribution in [0.25, 0.3) is 0 Å². The van der Waals surface area contributed by atoms with E-state index in [0.717, 1.165) is 38.1 Å². The molecule has 0 atom stereocenters. The van der Waals surface area contributed by atoms with Crippen molar-refractivity contribution in [2.75, 3.05) is 44.2 Å². The Bertz CT molecular complexity index is 1110. The van der Waals surface area contributed by atoms with Crippen LogP contribution in [-0.4, -0.2) is 65.8 Å². The lowest BCUT2D eigenvalue weighted by Gasteiger charge is -2.35. The van der Waals surface area contributed by atoms with Gasteiger partial charge in [-0.1, -0.05) is 6.07 Å². The highest BCUT2D eigenvalue weighted by Gasteiger charge is 2.32. The summed E-state index contributed by atoms with van der Waals surface area (Å²) in [7, 11) is 0. The molecule has 34 heavy (non-hydrogen) atoms. The molecule has 0 aromatic heterocycles. The van der Waals surface area contributed by atoms with Gasteiger partial charge < -0.3 is 14.7 Å². The lowest BCUT2D eigenvalue weighted by Crippen LogP contribution is -2.50. The van der Waals surface area contributed by atoms with Gasteiger partial charge in [0.25, 0.3) is 17.5 Å². The second kappa shape index (κ2) is 9.32. The van der Waals surface area contributed by atoms with E-state index in [4.69, 9.17) is 0 Å². The van der Waals surface area contributed by atoms with Crippen molar-refractivity contribution in [1.82, 2.24) is 9.80 Å². The van der Waals surface area contributed by atoms with Gasteiger partial charge in [-0.2, -0.15) is 13.2 Å². The molecule has 180 valence electrons. The minimum absolute atomic E-state index is 0.0669. The van der Waals surface area contributed by atoms with Crippen molar-refractivity contribution in [2.45, 2.75) is 19.0 Å². The Morgan fingerprint density at radius 2 is 1.38 bits per heavy atom. The van der Waals surface area contributed by atoms with Crippen LogP contribution >= 0.6 is 0 Å². The zero-order valence-electron chi connectivity index (χ0n) is 18.3. The van der Waals surface area contributed by atoms with Crippen LogP contribution in [0.4, 0.5) is 24.5 Å². The van der Waals surface area contributed by atoms with Gasteiger partial charge in [0.2, 0.25) is 0 Å². The molecular weight excluding hydrogens is 453 g/mol. The van der Waals surface area contributed by atoms with Gasteiger partial charge in [-0.3, -0.25) is 19.7 Å². The standard InChI is InChI=1S/C23H23F3N4O4/c24-23(25,26)18-5-3-4-16(14-18)21(31)28-10-12-29(13-11-28)22(32)17-6-7-19(20(15-17)30(33)34)27-8-1-2-9-27/h3-7,14-15H,1-2,8-13H2. The number of halogens is 3. The summed E-state index contributed by atoms with van der Waals surface area (Å²) < 4.78 is 38.9. The van der Waals surface area contributed by atoms with E-state index in [9.17, 15) is 32.9 Å². The van der Waals surface area contributed by atoms with Crippen LogP contribution in [0.2, 0.25) is 0 Å². The molecule has 0 N–H and O–H groups in total. The highest BCUT2D eigenvalue weighted by molar-refractivity contribution is 5.97. The van der Waals surface area contributed by atoms with E-state index in [2.05, 4.69) is 0 Å². The maximum Gasteiger partial charge on any atom is 0.416 e. The minimum atomic E-state index is -4.55. The van der Waals surface area contributed by atoms with Crippen LogP contribution in [0.1, 0.15) is 39.1 Å². The Hall–Kier alpha value is -3.63. The van der Waals surface area contributed by atoms with Crippen LogP contribution in [0.5, 0.6) is 0 Å². The van der Waals surface area contributed by atoms with Gasteiger partial charge in [-0.05, 0) is 43.2 Å². The van der Waals surface area contributed by atoms with Crippen LogP contribution in [0, 0.1) is 10.1 Å². The molecule has 11 heteroatoms. The maximum absolute atomic E-state index is 13.0. The number of hydrogen-bond donors (Lipinski definition) is 0. The number of carbonyl (C=O) groups is 2. The number of rotatable bonds is 4. The highest BCUT2D eigenvalue weighted by Crippen LogP contribution is 2.32. The normalized spacial score (nSPS) is 16.6. The number of benzene rings is 2. The third kappa shape index (κ3) is 4.82. The molecule has 2 amide bonds. The van der Waals surface area contributed by atoms with Gasteiger partial charge in [0.05, 0.1) is 10.5 Å². The summed E-state index contributed by atoms with van der Waals surface area (Å²) in [5, 5.41) is 11.6.